The second kappa shape index (κ2) is 12.3. The van der Waals surface area contributed by atoms with E-state index in [0.29, 0.717) is 30.4 Å². The molecule has 0 unspecified atom stereocenters. The summed E-state index contributed by atoms with van der Waals surface area (Å²) in [6, 6.07) is 7.80. The highest BCUT2D eigenvalue weighted by Crippen LogP contribution is 2.27. The lowest BCUT2D eigenvalue weighted by atomic mass is 9.93. The molecule has 36 heavy (non-hydrogen) atoms. The fraction of sp³-hybridized carbons (Fsp3) is 0.577. The van der Waals surface area contributed by atoms with E-state index in [9.17, 15) is 9.90 Å². The van der Waals surface area contributed by atoms with Crippen LogP contribution in [0.1, 0.15) is 48.8 Å². The lowest BCUT2D eigenvalue weighted by Crippen LogP contribution is -2.45. The number of nitrogens with zero attached hydrogens (tertiary/aromatic N) is 4. The Morgan fingerprint density at radius 1 is 1.14 bits per heavy atom. The fourth-order valence-electron chi connectivity index (χ4n) is 4.67. The Labute approximate surface area is 213 Å². The maximum absolute atomic E-state index is 12.2. The normalized spacial score (nSPS) is 21.2. The van der Waals surface area contributed by atoms with Crippen LogP contribution in [0, 0.1) is 0 Å². The van der Waals surface area contributed by atoms with Gasteiger partial charge in [0.25, 0.3) is 5.91 Å². The number of benzene rings is 1. The predicted molar refractivity (Wildman–Crippen MR) is 141 cm³/mol. The molecule has 2 aromatic rings. The van der Waals surface area contributed by atoms with Crippen molar-refractivity contribution in [1.29, 1.82) is 0 Å². The van der Waals surface area contributed by atoms with Crippen LogP contribution in [0.5, 0.6) is 5.75 Å². The van der Waals surface area contributed by atoms with Crippen molar-refractivity contribution in [1.82, 2.24) is 19.8 Å². The summed E-state index contributed by atoms with van der Waals surface area (Å²) in [5, 5.41) is 16.5. The summed E-state index contributed by atoms with van der Waals surface area (Å²) in [5.41, 5.74) is 7.20. The number of ether oxygens (including phenoxy) is 1. The first-order valence-corrected chi connectivity index (χ1v) is 13.0. The molecule has 1 aliphatic carbocycles. The van der Waals surface area contributed by atoms with Crippen LogP contribution < -0.4 is 21.1 Å². The number of carbonyl (C=O) groups excluding carboxylic acids is 1. The molecule has 2 aliphatic rings. The van der Waals surface area contributed by atoms with Crippen LogP contribution in [0.3, 0.4) is 0 Å². The van der Waals surface area contributed by atoms with Gasteiger partial charge in [-0.2, -0.15) is 0 Å². The Morgan fingerprint density at radius 2 is 1.89 bits per heavy atom. The molecule has 196 valence electrons. The molecule has 4 rings (SSSR count). The molecule has 5 N–H and O–H groups in total. The van der Waals surface area contributed by atoms with E-state index in [-0.39, 0.29) is 17.8 Å². The Morgan fingerprint density at radius 3 is 2.58 bits per heavy atom. The molecule has 1 saturated heterocycles. The van der Waals surface area contributed by atoms with E-state index in [1.165, 1.54) is 0 Å². The summed E-state index contributed by atoms with van der Waals surface area (Å²) in [5.74, 6) is 1.07. The van der Waals surface area contributed by atoms with Crippen LogP contribution >= 0.6 is 0 Å². The van der Waals surface area contributed by atoms with Crippen molar-refractivity contribution in [3.8, 4) is 5.75 Å². The van der Waals surface area contributed by atoms with E-state index in [1.807, 2.05) is 31.2 Å². The monoisotopic (exact) mass is 497 g/mol. The predicted octanol–water partition coefficient (Wildman–Crippen LogP) is 2.22. The molecular formula is C26H39N7O3. The van der Waals surface area contributed by atoms with Crippen LogP contribution in [0.15, 0.2) is 24.3 Å². The quantitative estimate of drug-likeness (QED) is 0.390. The number of anilines is 3. The van der Waals surface area contributed by atoms with Gasteiger partial charge in [0.15, 0.2) is 11.5 Å². The van der Waals surface area contributed by atoms with E-state index < -0.39 is 5.91 Å². The number of likely N-dealkylation sites (N-methyl/N-ethyl adjacent to an activating group) is 1. The zero-order valence-electron chi connectivity index (χ0n) is 21.4. The Hall–Kier alpha value is -2.95. The number of carbonyl (C=O) groups is 1. The summed E-state index contributed by atoms with van der Waals surface area (Å²) < 4.78 is 6.01. The molecule has 1 saturated carbocycles. The molecule has 1 amide bonds. The Bertz CT molecular complexity index is 1020. The van der Waals surface area contributed by atoms with Gasteiger partial charge in [-0.15, -0.1) is 0 Å². The Balaban J connectivity index is 1.44. The largest absolute Gasteiger partial charge is 0.492 e. The zero-order chi connectivity index (χ0) is 25.5. The van der Waals surface area contributed by atoms with Crippen molar-refractivity contribution in [3.63, 3.8) is 0 Å². The van der Waals surface area contributed by atoms with Gasteiger partial charge in [-0.05, 0) is 51.3 Å². The number of rotatable bonds is 10. The molecule has 10 nitrogen and oxygen atoms in total. The van der Waals surface area contributed by atoms with Crippen LogP contribution in [0.4, 0.5) is 17.3 Å². The lowest BCUT2D eigenvalue weighted by molar-refractivity contribution is 0.0996. The molecule has 1 aromatic heterocycles. The smallest absolute Gasteiger partial charge is 0.271 e. The average molecular weight is 498 g/mol. The number of aliphatic hydroxyl groups excluding tert-OH is 1. The van der Waals surface area contributed by atoms with Gasteiger partial charge in [0.1, 0.15) is 18.2 Å². The minimum Gasteiger partial charge on any atom is -0.492 e. The van der Waals surface area contributed by atoms with Crippen molar-refractivity contribution in [2.75, 3.05) is 57.0 Å². The number of nitrogens with two attached hydrogens (primary N) is 1. The maximum Gasteiger partial charge on any atom is 0.271 e. The van der Waals surface area contributed by atoms with Gasteiger partial charge in [-0.25, -0.2) is 9.97 Å². The Kier molecular flexibility index (Phi) is 8.95. The second-order valence-electron chi connectivity index (χ2n) is 9.73. The molecule has 0 bridgehead atoms. The zero-order valence-corrected chi connectivity index (χ0v) is 21.4. The SMILES string of the molecule is CCc1nc(C(N)=O)c(Nc2cccc(OCCN3CCN(C)CC3)c2)nc1N[C@H]1CC[C@H](O)CC1. The number of hydrogen-bond donors (Lipinski definition) is 4. The molecule has 2 fully saturated rings. The van der Waals surface area contributed by atoms with E-state index in [0.717, 1.165) is 69.8 Å². The van der Waals surface area contributed by atoms with Gasteiger partial charge in [0.2, 0.25) is 0 Å². The fourth-order valence-corrected chi connectivity index (χ4v) is 4.67. The van der Waals surface area contributed by atoms with Crippen LogP contribution in [-0.4, -0.2) is 89.3 Å². The van der Waals surface area contributed by atoms with Crippen LogP contribution in [0.2, 0.25) is 0 Å². The van der Waals surface area contributed by atoms with E-state index in [4.69, 9.17) is 15.5 Å². The molecule has 0 spiro atoms. The van der Waals surface area contributed by atoms with Crippen LogP contribution in [-0.2, 0) is 6.42 Å². The molecule has 2 heterocycles. The van der Waals surface area contributed by atoms with Crippen molar-refractivity contribution < 1.29 is 14.6 Å². The molecule has 0 atom stereocenters. The van der Waals surface area contributed by atoms with Gasteiger partial charge in [-0.1, -0.05) is 13.0 Å². The van der Waals surface area contributed by atoms with Crippen molar-refractivity contribution in [2.24, 2.45) is 5.73 Å². The number of hydrogen-bond acceptors (Lipinski definition) is 9. The third-order valence-corrected chi connectivity index (χ3v) is 6.94. The van der Waals surface area contributed by atoms with E-state index in [1.54, 1.807) is 0 Å². The van der Waals surface area contributed by atoms with Gasteiger partial charge in [-0.3, -0.25) is 9.69 Å². The molecule has 0 radical (unpaired) electrons. The van der Waals surface area contributed by atoms with Gasteiger partial charge in [0, 0.05) is 50.5 Å². The molecule has 1 aliphatic heterocycles. The average Bonchev–Trinajstić information content (AvgIpc) is 2.87. The number of piperazine rings is 1. The minimum absolute atomic E-state index is 0.109. The molecular weight excluding hydrogens is 458 g/mol. The highest BCUT2D eigenvalue weighted by Gasteiger charge is 2.23. The summed E-state index contributed by atoms with van der Waals surface area (Å²) in [6.45, 7) is 7.74. The lowest BCUT2D eigenvalue weighted by Gasteiger charge is -2.32. The van der Waals surface area contributed by atoms with Crippen molar-refractivity contribution >= 4 is 23.2 Å². The third-order valence-electron chi connectivity index (χ3n) is 6.94. The number of nitrogens with one attached hydrogen (secondary N) is 2. The standard InChI is InChI=1S/C26H39N7O3/c1-3-22-25(28-18-7-9-20(34)10-8-18)31-26(23(30-22)24(27)35)29-19-5-4-6-21(17-19)36-16-15-33-13-11-32(2)12-14-33/h4-6,17-18,20,34H,3,7-16H2,1-2H3,(H2,27,35)(H2,28,29,31)/t18-,20-. The topological polar surface area (TPSA) is 129 Å². The number of aromatic nitrogens is 2. The van der Waals surface area contributed by atoms with Gasteiger partial charge < -0.3 is 31.1 Å². The number of primary amides is 1. The summed E-state index contributed by atoms with van der Waals surface area (Å²) in [4.78, 5) is 26.2. The highest BCUT2D eigenvalue weighted by molar-refractivity contribution is 5.96. The first kappa shape index (κ1) is 26.1. The number of aliphatic hydroxyl groups is 1. The third kappa shape index (κ3) is 7.05. The summed E-state index contributed by atoms with van der Waals surface area (Å²) >= 11 is 0. The number of aryl methyl sites for hydroxylation is 1. The van der Waals surface area contributed by atoms with Gasteiger partial charge in [0.05, 0.1) is 11.8 Å². The van der Waals surface area contributed by atoms with Gasteiger partial charge >= 0.3 is 0 Å². The van der Waals surface area contributed by atoms with Crippen molar-refractivity contribution in [2.45, 2.75) is 51.2 Å². The maximum atomic E-state index is 12.2. The van der Waals surface area contributed by atoms with Crippen molar-refractivity contribution in [3.05, 3.63) is 35.7 Å². The second-order valence-corrected chi connectivity index (χ2v) is 9.73. The van der Waals surface area contributed by atoms with Crippen LogP contribution in [0.25, 0.3) is 0 Å². The highest BCUT2D eigenvalue weighted by atomic mass is 16.5. The minimum atomic E-state index is -0.633. The summed E-state index contributed by atoms with van der Waals surface area (Å²) in [6.07, 6.45) is 3.63. The van der Waals surface area contributed by atoms with E-state index >= 15 is 0 Å². The first-order valence-electron chi connectivity index (χ1n) is 13.0. The number of amides is 1. The first-order chi connectivity index (χ1) is 17.4. The molecule has 10 heteroatoms. The summed E-state index contributed by atoms with van der Waals surface area (Å²) in [7, 11) is 2.15. The molecule has 1 aromatic carbocycles. The van der Waals surface area contributed by atoms with E-state index in [2.05, 4.69) is 32.5 Å².